The molecule has 0 saturated carbocycles. The highest BCUT2D eigenvalue weighted by atomic mass is 35.5. The van der Waals surface area contributed by atoms with Crippen LogP contribution in [0.5, 0.6) is 5.75 Å². The Kier molecular flexibility index (Phi) is 3.97. The second kappa shape index (κ2) is 4.84. The molecule has 1 aromatic rings. The molecule has 15 heavy (non-hydrogen) atoms. The van der Waals surface area contributed by atoms with Crippen molar-refractivity contribution >= 4 is 11.6 Å². The maximum atomic E-state index is 9.78. The van der Waals surface area contributed by atoms with Crippen molar-refractivity contribution in [2.75, 3.05) is 13.6 Å². The molecular weight excluding hydrogens is 214 g/mol. The molecule has 0 aliphatic heterocycles. The number of benzene rings is 1. The Morgan fingerprint density at radius 1 is 1.47 bits per heavy atom. The van der Waals surface area contributed by atoms with Crippen molar-refractivity contribution < 1.29 is 10.2 Å². The molecule has 0 aliphatic carbocycles. The molecular formula is C11H16ClNO2. The lowest BCUT2D eigenvalue weighted by Gasteiger charge is -2.15. The van der Waals surface area contributed by atoms with Gasteiger partial charge < -0.3 is 15.5 Å². The number of aromatic hydroxyl groups is 1. The molecule has 1 unspecified atom stereocenters. The number of likely N-dealkylation sites (N-methyl/N-ethyl adjacent to an activating group) is 1. The number of aliphatic hydroxyl groups excluding tert-OH is 1. The van der Waals surface area contributed by atoms with Gasteiger partial charge in [-0.3, -0.25) is 0 Å². The average Bonchev–Trinajstić information content (AvgIpc) is 2.20. The monoisotopic (exact) mass is 229 g/mol. The van der Waals surface area contributed by atoms with Crippen LogP contribution in [-0.4, -0.2) is 23.8 Å². The number of phenols is 1. The van der Waals surface area contributed by atoms with Gasteiger partial charge in [0.05, 0.1) is 11.1 Å². The van der Waals surface area contributed by atoms with E-state index >= 15 is 0 Å². The molecule has 0 radical (unpaired) electrons. The molecule has 0 heterocycles. The summed E-state index contributed by atoms with van der Waals surface area (Å²) in [6.45, 7) is 4.12. The van der Waals surface area contributed by atoms with Gasteiger partial charge in [0.25, 0.3) is 0 Å². The first-order chi connectivity index (χ1) is 6.99. The van der Waals surface area contributed by atoms with Gasteiger partial charge in [0, 0.05) is 12.1 Å². The zero-order valence-corrected chi connectivity index (χ0v) is 9.89. The van der Waals surface area contributed by atoms with Crippen LogP contribution in [0.2, 0.25) is 5.02 Å². The van der Waals surface area contributed by atoms with Crippen LogP contribution < -0.4 is 5.32 Å². The molecule has 84 valence electrons. The van der Waals surface area contributed by atoms with Gasteiger partial charge >= 0.3 is 0 Å². The fourth-order valence-corrected chi connectivity index (χ4v) is 1.70. The van der Waals surface area contributed by atoms with Gasteiger partial charge in [-0.2, -0.15) is 0 Å². The molecule has 1 aromatic carbocycles. The molecule has 0 aromatic heterocycles. The first-order valence-electron chi connectivity index (χ1n) is 4.80. The van der Waals surface area contributed by atoms with E-state index in [-0.39, 0.29) is 5.75 Å². The third-order valence-corrected chi connectivity index (χ3v) is 2.99. The Hall–Kier alpha value is -0.770. The van der Waals surface area contributed by atoms with E-state index < -0.39 is 6.10 Å². The molecule has 1 atom stereocenters. The van der Waals surface area contributed by atoms with E-state index in [1.54, 1.807) is 13.1 Å². The van der Waals surface area contributed by atoms with Crippen molar-refractivity contribution in [1.29, 1.82) is 0 Å². The largest absolute Gasteiger partial charge is 0.506 e. The van der Waals surface area contributed by atoms with Crippen molar-refractivity contribution in [3.63, 3.8) is 0 Å². The highest BCUT2D eigenvalue weighted by Crippen LogP contribution is 2.35. The van der Waals surface area contributed by atoms with Crippen LogP contribution in [-0.2, 0) is 0 Å². The highest BCUT2D eigenvalue weighted by molar-refractivity contribution is 6.33. The predicted molar refractivity (Wildman–Crippen MR) is 61.5 cm³/mol. The smallest absolute Gasteiger partial charge is 0.140 e. The van der Waals surface area contributed by atoms with Gasteiger partial charge in [-0.1, -0.05) is 11.6 Å². The lowest BCUT2D eigenvalue weighted by molar-refractivity contribution is 0.174. The SMILES string of the molecule is CNCC(O)c1cc(C)c(C)c(Cl)c1O. The zero-order valence-electron chi connectivity index (χ0n) is 9.13. The summed E-state index contributed by atoms with van der Waals surface area (Å²) in [4.78, 5) is 0. The summed E-state index contributed by atoms with van der Waals surface area (Å²) >= 11 is 5.95. The van der Waals surface area contributed by atoms with E-state index in [0.29, 0.717) is 17.1 Å². The van der Waals surface area contributed by atoms with Crippen molar-refractivity contribution in [3.05, 3.63) is 27.8 Å². The standard InChI is InChI=1S/C11H16ClNO2/c1-6-4-8(9(14)5-13-3)11(15)10(12)7(6)2/h4,9,13-15H,5H2,1-3H3. The number of aliphatic hydroxyl groups is 1. The molecule has 0 bridgehead atoms. The van der Waals surface area contributed by atoms with Crippen LogP contribution in [0.4, 0.5) is 0 Å². The molecule has 1 rings (SSSR count). The number of phenolic OH excluding ortho intramolecular Hbond substituents is 1. The molecule has 0 aliphatic rings. The van der Waals surface area contributed by atoms with Crippen LogP contribution in [0.3, 0.4) is 0 Å². The number of aryl methyl sites for hydroxylation is 1. The Morgan fingerprint density at radius 2 is 2.07 bits per heavy atom. The average molecular weight is 230 g/mol. The lowest BCUT2D eigenvalue weighted by Crippen LogP contribution is -2.17. The summed E-state index contributed by atoms with van der Waals surface area (Å²) in [5.41, 5.74) is 2.27. The molecule has 4 heteroatoms. The summed E-state index contributed by atoms with van der Waals surface area (Å²) in [6, 6.07) is 1.76. The fraction of sp³-hybridized carbons (Fsp3) is 0.455. The first-order valence-corrected chi connectivity index (χ1v) is 5.18. The number of rotatable bonds is 3. The Labute approximate surface area is 94.7 Å². The maximum Gasteiger partial charge on any atom is 0.140 e. The third-order valence-electron chi connectivity index (χ3n) is 2.53. The summed E-state index contributed by atoms with van der Waals surface area (Å²) in [5.74, 6) is -0.0254. The van der Waals surface area contributed by atoms with Gasteiger partial charge in [0.15, 0.2) is 0 Å². The molecule has 3 nitrogen and oxygen atoms in total. The van der Waals surface area contributed by atoms with Gasteiger partial charge in [0.1, 0.15) is 5.75 Å². The second-order valence-electron chi connectivity index (χ2n) is 3.64. The molecule has 3 N–H and O–H groups in total. The predicted octanol–water partition coefficient (Wildman–Crippen LogP) is 1.92. The minimum atomic E-state index is -0.744. The number of nitrogens with one attached hydrogen (secondary N) is 1. The fourth-order valence-electron chi connectivity index (χ4n) is 1.44. The number of hydrogen-bond donors (Lipinski definition) is 3. The minimum Gasteiger partial charge on any atom is -0.506 e. The topological polar surface area (TPSA) is 52.5 Å². The van der Waals surface area contributed by atoms with Gasteiger partial charge in [-0.15, -0.1) is 0 Å². The van der Waals surface area contributed by atoms with Crippen molar-refractivity contribution in [2.45, 2.75) is 20.0 Å². The number of halogens is 1. The minimum absolute atomic E-state index is 0.0254. The molecule has 0 amide bonds. The third kappa shape index (κ3) is 2.43. The van der Waals surface area contributed by atoms with Crippen molar-refractivity contribution in [1.82, 2.24) is 5.32 Å². The molecule has 0 fully saturated rings. The normalized spacial score (nSPS) is 12.9. The summed E-state index contributed by atoms with van der Waals surface area (Å²) in [5, 5.41) is 22.7. The van der Waals surface area contributed by atoms with Crippen molar-refractivity contribution in [2.24, 2.45) is 0 Å². The van der Waals surface area contributed by atoms with E-state index in [0.717, 1.165) is 11.1 Å². The van der Waals surface area contributed by atoms with Gasteiger partial charge in [-0.05, 0) is 38.1 Å². The van der Waals surface area contributed by atoms with E-state index in [2.05, 4.69) is 5.32 Å². The van der Waals surface area contributed by atoms with E-state index in [9.17, 15) is 10.2 Å². The lowest BCUT2D eigenvalue weighted by atomic mass is 10.0. The van der Waals surface area contributed by atoms with Crippen LogP contribution >= 0.6 is 11.6 Å². The van der Waals surface area contributed by atoms with Crippen LogP contribution in [0.1, 0.15) is 22.8 Å². The van der Waals surface area contributed by atoms with Crippen molar-refractivity contribution in [3.8, 4) is 5.75 Å². The Balaban J connectivity index is 3.19. The molecule has 0 spiro atoms. The van der Waals surface area contributed by atoms with Crippen LogP contribution in [0, 0.1) is 13.8 Å². The quantitative estimate of drug-likeness (QED) is 0.742. The summed E-state index contributed by atoms with van der Waals surface area (Å²) in [6.07, 6.45) is -0.744. The second-order valence-corrected chi connectivity index (χ2v) is 4.02. The highest BCUT2D eigenvalue weighted by Gasteiger charge is 2.16. The van der Waals surface area contributed by atoms with Gasteiger partial charge in [-0.25, -0.2) is 0 Å². The maximum absolute atomic E-state index is 9.78. The van der Waals surface area contributed by atoms with E-state index in [4.69, 9.17) is 11.6 Å². The Bertz CT molecular complexity index is 366. The number of hydrogen-bond acceptors (Lipinski definition) is 3. The zero-order chi connectivity index (χ0) is 11.6. The van der Waals surface area contributed by atoms with Crippen LogP contribution in [0.15, 0.2) is 6.07 Å². The molecule has 0 saturated heterocycles. The first kappa shape index (κ1) is 12.3. The van der Waals surface area contributed by atoms with E-state index in [1.807, 2.05) is 13.8 Å². The Morgan fingerprint density at radius 3 is 2.60 bits per heavy atom. The van der Waals surface area contributed by atoms with Gasteiger partial charge in [0.2, 0.25) is 0 Å². The van der Waals surface area contributed by atoms with E-state index in [1.165, 1.54) is 0 Å². The van der Waals surface area contributed by atoms with Crippen LogP contribution in [0.25, 0.3) is 0 Å². The summed E-state index contributed by atoms with van der Waals surface area (Å²) < 4.78 is 0. The summed E-state index contributed by atoms with van der Waals surface area (Å²) in [7, 11) is 1.74.